The van der Waals surface area contributed by atoms with Gasteiger partial charge in [0.1, 0.15) is 18.1 Å². The van der Waals surface area contributed by atoms with Crippen molar-refractivity contribution in [3.63, 3.8) is 0 Å². The molecule has 1 aromatic carbocycles. The number of hydrogen-bond donors (Lipinski definition) is 2. The Balaban J connectivity index is 1.64. The number of amides is 2. The Morgan fingerprint density at radius 1 is 1.29 bits per heavy atom. The second-order valence-electron chi connectivity index (χ2n) is 7.04. The Morgan fingerprint density at radius 2 is 2.06 bits per heavy atom. The molecule has 2 amide bonds. The molecule has 3 rings (SSSR count). The van der Waals surface area contributed by atoms with Gasteiger partial charge in [-0.05, 0) is 24.1 Å². The van der Waals surface area contributed by atoms with E-state index in [1.54, 1.807) is 31.2 Å². The normalized spacial score (nSPS) is 16.2. The molecule has 0 saturated carbocycles. The van der Waals surface area contributed by atoms with E-state index >= 15 is 0 Å². The zero-order valence-corrected chi connectivity index (χ0v) is 16.6. The number of nitrogens with zero attached hydrogens (tertiary/aromatic N) is 2. The summed E-state index contributed by atoms with van der Waals surface area (Å²) >= 11 is 0. The number of carbonyl (C=O) groups is 4. The van der Waals surface area contributed by atoms with Gasteiger partial charge in [-0.2, -0.15) is 0 Å². The Labute approximate surface area is 176 Å². The highest BCUT2D eigenvalue weighted by Gasteiger charge is 2.40. The molecule has 2 N–H and O–H groups in total. The van der Waals surface area contributed by atoms with Gasteiger partial charge in [0, 0.05) is 37.8 Å². The minimum absolute atomic E-state index is 0.00942. The highest BCUT2D eigenvalue weighted by molar-refractivity contribution is 6.19. The molecule has 2 heterocycles. The van der Waals surface area contributed by atoms with Gasteiger partial charge in [-0.1, -0.05) is 12.1 Å². The fourth-order valence-electron chi connectivity index (χ4n) is 3.04. The van der Waals surface area contributed by atoms with Crippen molar-refractivity contribution in [1.29, 1.82) is 0 Å². The molecule has 1 saturated heterocycles. The lowest BCUT2D eigenvalue weighted by molar-refractivity contribution is -0.152. The van der Waals surface area contributed by atoms with Gasteiger partial charge < -0.3 is 20.1 Å². The van der Waals surface area contributed by atoms with Crippen LogP contribution >= 0.6 is 0 Å². The summed E-state index contributed by atoms with van der Waals surface area (Å²) in [5.74, 6) is -4.85. The van der Waals surface area contributed by atoms with Crippen molar-refractivity contribution < 1.29 is 33.4 Å². The predicted molar refractivity (Wildman–Crippen MR) is 105 cm³/mol. The molecule has 1 fully saturated rings. The Hall–Kier alpha value is -3.82. The lowest BCUT2D eigenvalue weighted by atomic mass is 9.94. The van der Waals surface area contributed by atoms with E-state index in [0.717, 1.165) is 0 Å². The number of Topliss-reactive ketones (excluding diaryl/α,β-unsaturated/α-hetero) is 1. The third kappa shape index (κ3) is 5.41. The van der Waals surface area contributed by atoms with E-state index in [2.05, 4.69) is 10.3 Å². The molecular formula is C21H20FN3O6. The zero-order chi connectivity index (χ0) is 22.5. The summed E-state index contributed by atoms with van der Waals surface area (Å²) in [4.78, 5) is 52.8. The first-order valence-electron chi connectivity index (χ1n) is 9.44. The summed E-state index contributed by atoms with van der Waals surface area (Å²) in [5, 5.41) is 10.7. The summed E-state index contributed by atoms with van der Waals surface area (Å²) in [6.07, 6.45) is 1.47. The van der Waals surface area contributed by atoms with Crippen molar-refractivity contribution in [2.45, 2.75) is 19.9 Å². The average molecular weight is 429 g/mol. The molecule has 162 valence electrons. The third-order valence-corrected chi connectivity index (χ3v) is 4.72. The highest BCUT2D eigenvalue weighted by Crippen LogP contribution is 2.23. The summed E-state index contributed by atoms with van der Waals surface area (Å²) in [6.45, 7) is 1.22. The number of carbonyl (C=O) groups excluding carboxylic acids is 3. The fraction of sp³-hybridized carbons (Fsp3) is 0.286. The molecule has 2 aromatic rings. The average Bonchev–Trinajstić information content (AvgIpc) is 2.73. The highest BCUT2D eigenvalue weighted by atomic mass is 19.1. The largest absolute Gasteiger partial charge is 0.480 e. The standard InChI is InChI=1S/C21H20FN3O6/c1-12-2-4-14(8-15(12)22)31-17-5-3-13(9-23-17)11-25-7-6-16(26)19(21(25)30)20(29)24-10-18(27)28/h2-5,8-9,19H,6-7,10-11H2,1H3,(H,24,29)(H,27,28). The number of hydrogen-bond acceptors (Lipinski definition) is 6. The van der Waals surface area contributed by atoms with Crippen LogP contribution < -0.4 is 10.1 Å². The lowest BCUT2D eigenvalue weighted by Crippen LogP contribution is -2.52. The molecule has 1 aromatic heterocycles. The number of carboxylic acid groups (broad SMARTS) is 1. The first kappa shape index (κ1) is 21.9. The molecule has 0 aliphatic carbocycles. The molecule has 9 nitrogen and oxygen atoms in total. The molecule has 1 aliphatic rings. The van der Waals surface area contributed by atoms with E-state index in [1.807, 2.05) is 0 Å². The quantitative estimate of drug-likeness (QED) is 0.638. The minimum atomic E-state index is -1.56. The number of aromatic nitrogens is 1. The van der Waals surface area contributed by atoms with Crippen LogP contribution in [0, 0.1) is 18.7 Å². The summed E-state index contributed by atoms with van der Waals surface area (Å²) in [6, 6.07) is 7.68. The Bertz CT molecular complexity index is 1020. The van der Waals surface area contributed by atoms with E-state index in [0.29, 0.717) is 16.9 Å². The number of carboxylic acids is 1. The smallest absolute Gasteiger partial charge is 0.322 e. The van der Waals surface area contributed by atoms with E-state index in [-0.39, 0.29) is 25.4 Å². The first-order chi connectivity index (χ1) is 14.7. The van der Waals surface area contributed by atoms with Gasteiger partial charge in [0.05, 0.1) is 0 Å². The number of ketones is 1. The number of piperidine rings is 1. The van der Waals surface area contributed by atoms with Crippen LogP contribution in [-0.2, 0) is 25.7 Å². The maximum absolute atomic E-state index is 13.6. The van der Waals surface area contributed by atoms with Gasteiger partial charge in [-0.15, -0.1) is 0 Å². The van der Waals surface area contributed by atoms with Crippen LogP contribution in [0.5, 0.6) is 11.6 Å². The van der Waals surface area contributed by atoms with Crippen molar-refractivity contribution in [1.82, 2.24) is 15.2 Å². The van der Waals surface area contributed by atoms with Gasteiger partial charge in [0.25, 0.3) is 0 Å². The minimum Gasteiger partial charge on any atom is -0.480 e. The maximum atomic E-state index is 13.6. The van der Waals surface area contributed by atoms with Crippen LogP contribution in [-0.4, -0.2) is 51.6 Å². The van der Waals surface area contributed by atoms with Crippen molar-refractivity contribution in [2.75, 3.05) is 13.1 Å². The Kier molecular flexibility index (Phi) is 6.58. The molecule has 10 heteroatoms. The zero-order valence-electron chi connectivity index (χ0n) is 16.6. The van der Waals surface area contributed by atoms with Crippen LogP contribution in [0.4, 0.5) is 4.39 Å². The summed E-state index contributed by atoms with van der Waals surface area (Å²) in [7, 11) is 0. The number of benzene rings is 1. The number of aliphatic carboxylic acids is 1. The summed E-state index contributed by atoms with van der Waals surface area (Å²) < 4.78 is 19.1. The predicted octanol–water partition coefficient (Wildman–Crippen LogP) is 1.44. The van der Waals surface area contributed by atoms with Crippen LogP contribution in [0.2, 0.25) is 0 Å². The fourth-order valence-corrected chi connectivity index (χ4v) is 3.04. The molecule has 1 aliphatic heterocycles. The molecule has 31 heavy (non-hydrogen) atoms. The van der Waals surface area contributed by atoms with Gasteiger partial charge in [-0.3, -0.25) is 19.2 Å². The number of aryl methyl sites for hydroxylation is 1. The number of pyridine rings is 1. The van der Waals surface area contributed by atoms with E-state index in [9.17, 15) is 23.6 Å². The number of likely N-dealkylation sites (tertiary alicyclic amines) is 1. The van der Waals surface area contributed by atoms with Crippen LogP contribution in [0.3, 0.4) is 0 Å². The van der Waals surface area contributed by atoms with Gasteiger partial charge in [0.15, 0.2) is 11.7 Å². The van der Waals surface area contributed by atoms with Crippen molar-refractivity contribution >= 4 is 23.6 Å². The van der Waals surface area contributed by atoms with Crippen LogP contribution in [0.15, 0.2) is 36.5 Å². The van der Waals surface area contributed by atoms with Crippen LogP contribution in [0.25, 0.3) is 0 Å². The topological polar surface area (TPSA) is 126 Å². The van der Waals surface area contributed by atoms with E-state index < -0.39 is 41.8 Å². The SMILES string of the molecule is Cc1ccc(Oc2ccc(CN3CCC(=O)C(C(=O)NCC(=O)O)C3=O)cn2)cc1F. The molecular weight excluding hydrogens is 409 g/mol. The second kappa shape index (κ2) is 9.33. The number of ether oxygens (including phenoxy) is 1. The van der Waals surface area contributed by atoms with Crippen molar-refractivity contribution in [3.05, 3.63) is 53.5 Å². The Morgan fingerprint density at radius 3 is 2.71 bits per heavy atom. The molecule has 0 spiro atoms. The lowest BCUT2D eigenvalue weighted by Gasteiger charge is -2.30. The number of halogens is 1. The third-order valence-electron chi connectivity index (χ3n) is 4.72. The monoisotopic (exact) mass is 429 g/mol. The first-order valence-corrected chi connectivity index (χ1v) is 9.44. The van der Waals surface area contributed by atoms with Crippen molar-refractivity contribution in [3.8, 4) is 11.6 Å². The molecule has 1 unspecified atom stereocenters. The van der Waals surface area contributed by atoms with Crippen molar-refractivity contribution in [2.24, 2.45) is 5.92 Å². The van der Waals surface area contributed by atoms with Crippen LogP contribution in [0.1, 0.15) is 17.5 Å². The van der Waals surface area contributed by atoms with Gasteiger partial charge >= 0.3 is 5.97 Å². The van der Waals surface area contributed by atoms with Gasteiger partial charge in [0.2, 0.25) is 17.7 Å². The maximum Gasteiger partial charge on any atom is 0.322 e. The van der Waals surface area contributed by atoms with Gasteiger partial charge in [-0.25, -0.2) is 9.37 Å². The number of nitrogens with one attached hydrogen (secondary N) is 1. The molecule has 1 atom stereocenters. The summed E-state index contributed by atoms with van der Waals surface area (Å²) in [5.41, 5.74) is 1.13. The number of rotatable bonds is 7. The van der Waals surface area contributed by atoms with E-state index in [4.69, 9.17) is 9.84 Å². The van der Waals surface area contributed by atoms with E-state index in [1.165, 1.54) is 17.2 Å². The molecule has 0 bridgehead atoms. The molecule has 0 radical (unpaired) electrons. The second-order valence-corrected chi connectivity index (χ2v) is 7.04.